The first-order chi connectivity index (χ1) is 7.25. The summed E-state index contributed by atoms with van der Waals surface area (Å²) in [6, 6.07) is 0. The molecule has 0 aromatic rings. The molecule has 0 N–H and O–H groups in total. The molecule has 3 atom stereocenters. The quantitative estimate of drug-likeness (QED) is 0.267. The highest BCUT2D eigenvalue weighted by molar-refractivity contribution is 14.1. The number of allylic oxidation sites excluding steroid dienone is 2. The summed E-state index contributed by atoms with van der Waals surface area (Å²) in [6.45, 7) is 4.67. The van der Waals surface area contributed by atoms with E-state index in [0.29, 0.717) is 0 Å². The fourth-order valence-corrected chi connectivity index (χ4v) is 3.32. The molecular weight excluding hydrogens is 295 g/mol. The third-order valence-electron chi connectivity index (χ3n) is 3.52. The van der Waals surface area contributed by atoms with Crippen molar-refractivity contribution in [3.8, 4) is 0 Å². The van der Waals surface area contributed by atoms with E-state index in [0.717, 1.165) is 15.8 Å². The molecule has 1 rings (SSSR count). The van der Waals surface area contributed by atoms with Gasteiger partial charge in [0.2, 0.25) is 0 Å². The fourth-order valence-electron chi connectivity index (χ4n) is 2.36. The standard InChI is InChI=1S/C14H25I/c1-3-4-5-6-7-8-9-13-11-10-12(2)14(13)15/h8-9,12-14H,3-7,10-11H2,1-2H3/b9-8+/t12?,13-,14-/m0/s1. The zero-order valence-electron chi connectivity index (χ0n) is 10.2. The molecule has 1 heteroatoms. The molecule has 0 nitrogen and oxygen atoms in total. The predicted molar refractivity (Wildman–Crippen MR) is 77.6 cm³/mol. The van der Waals surface area contributed by atoms with Gasteiger partial charge in [-0.2, -0.15) is 0 Å². The van der Waals surface area contributed by atoms with Gasteiger partial charge in [0.25, 0.3) is 0 Å². The third kappa shape index (κ3) is 4.88. The second-order valence-electron chi connectivity index (χ2n) is 4.94. The SMILES string of the molecule is CCCCCC/C=C/[C@H]1CCC(C)[C@@H]1I. The smallest absolute Gasteiger partial charge is 0.0198 e. The molecule has 1 saturated carbocycles. The average molecular weight is 320 g/mol. The van der Waals surface area contributed by atoms with Gasteiger partial charge in [0, 0.05) is 3.92 Å². The molecule has 1 aliphatic carbocycles. The summed E-state index contributed by atoms with van der Waals surface area (Å²) >= 11 is 2.64. The van der Waals surface area contributed by atoms with Gasteiger partial charge in [-0.05, 0) is 37.5 Å². The van der Waals surface area contributed by atoms with E-state index < -0.39 is 0 Å². The molecule has 1 unspecified atom stereocenters. The number of unbranched alkanes of at least 4 members (excludes halogenated alkanes) is 4. The minimum atomic E-state index is 0.867. The lowest BCUT2D eigenvalue weighted by atomic mass is 10.0. The first-order valence-electron chi connectivity index (χ1n) is 6.56. The second kappa shape index (κ2) is 7.70. The highest BCUT2D eigenvalue weighted by Crippen LogP contribution is 2.37. The van der Waals surface area contributed by atoms with Crippen LogP contribution in [-0.4, -0.2) is 3.92 Å². The molecule has 0 heterocycles. The van der Waals surface area contributed by atoms with Crippen LogP contribution in [0, 0.1) is 11.8 Å². The monoisotopic (exact) mass is 320 g/mol. The highest BCUT2D eigenvalue weighted by atomic mass is 127. The Labute approximate surface area is 109 Å². The van der Waals surface area contributed by atoms with Crippen molar-refractivity contribution in [1.82, 2.24) is 0 Å². The average Bonchev–Trinajstić information content (AvgIpc) is 2.54. The molecule has 0 bridgehead atoms. The molecular formula is C14H25I. The van der Waals surface area contributed by atoms with Gasteiger partial charge in [-0.25, -0.2) is 0 Å². The van der Waals surface area contributed by atoms with E-state index in [9.17, 15) is 0 Å². The van der Waals surface area contributed by atoms with Crippen LogP contribution in [0.4, 0.5) is 0 Å². The summed E-state index contributed by atoms with van der Waals surface area (Å²) < 4.78 is 0.884. The zero-order valence-corrected chi connectivity index (χ0v) is 12.4. The number of rotatable bonds is 6. The lowest BCUT2D eigenvalue weighted by Gasteiger charge is -2.11. The Bertz CT molecular complexity index is 186. The van der Waals surface area contributed by atoms with E-state index in [1.807, 2.05) is 0 Å². The van der Waals surface area contributed by atoms with Crippen molar-refractivity contribution in [3.63, 3.8) is 0 Å². The Morgan fingerprint density at radius 3 is 2.60 bits per heavy atom. The van der Waals surface area contributed by atoms with Gasteiger partial charge in [-0.1, -0.05) is 67.9 Å². The van der Waals surface area contributed by atoms with Gasteiger partial charge in [0.05, 0.1) is 0 Å². The Kier molecular flexibility index (Phi) is 6.94. The maximum atomic E-state index is 2.64. The maximum absolute atomic E-state index is 2.64. The lowest BCUT2D eigenvalue weighted by Crippen LogP contribution is -2.09. The Hall–Kier alpha value is 0.470. The van der Waals surface area contributed by atoms with Crippen LogP contribution in [0.5, 0.6) is 0 Å². The minimum Gasteiger partial charge on any atom is -0.0882 e. The zero-order chi connectivity index (χ0) is 11.1. The molecule has 0 aliphatic heterocycles. The van der Waals surface area contributed by atoms with E-state index in [2.05, 4.69) is 48.6 Å². The van der Waals surface area contributed by atoms with Gasteiger partial charge in [-0.3, -0.25) is 0 Å². The van der Waals surface area contributed by atoms with Gasteiger partial charge in [-0.15, -0.1) is 0 Å². The second-order valence-corrected chi connectivity index (χ2v) is 6.38. The molecule has 0 spiro atoms. The van der Waals surface area contributed by atoms with Gasteiger partial charge >= 0.3 is 0 Å². The van der Waals surface area contributed by atoms with Crippen molar-refractivity contribution < 1.29 is 0 Å². The maximum Gasteiger partial charge on any atom is 0.0198 e. The first-order valence-corrected chi connectivity index (χ1v) is 7.81. The molecule has 1 fully saturated rings. The fraction of sp³-hybridized carbons (Fsp3) is 0.857. The van der Waals surface area contributed by atoms with Crippen molar-refractivity contribution in [2.45, 2.75) is 62.7 Å². The number of hydrogen-bond acceptors (Lipinski definition) is 0. The van der Waals surface area contributed by atoms with Crippen molar-refractivity contribution in [3.05, 3.63) is 12.2 Å². The van der Waals surface area contributed by atoms with Gasteiger partial charge in [0.15, 0.2) is 0 Å². The van der Waals surface area contributed by atoms with E-state index in [1.54, 1.807) is 0 Å². The topological polar surface area (TPSA) is 0 Å². The van der Waals surface area contributed by atoms with Crippen LogP contribution < -0.4 is 0 Å². The minimum absolute atomic E-state index is 0.867. The summed E-state index contributed by atoms with van der Waals surface area (Å²) in [6.07, 6.45) is 14.6. The van der Waals surface area contributed by atoms with Crippen molar-refractivity contribution >= 4 is 22.6 Å². The Morgan fingerprint density at radius 2 is 2.00 bits per heavy atom. The number of hydrogen-bond donors (Lipinski definition) is 0. The van der Waals surface area contributed by atoms with E-state index in [1.165, 1.54) is 44.9 Å². The third-order valence-corrected chi connectivity index (χ3v) is 5.67. The summed E-state index contributed by atoms with van der Waals surface area (Å²) in [5.41, 5.74) is 0. The summed E-state index contributed by atoms with van der Waals surface area (Å²) in [5, 5.41) is 0. The largest absolute Gasteiger partial charge is 0.0882 e. The predicted octanol–water partition coefficient (Wildman–Crippen LogP) is 5.36. The van der Waals surface area contributed by atoms with Crippen LogP contribution in [0.25, 0.3) is 0 Å². The number of alkyl halides is 1. The van der Waals surface area contributed by atoms with Gasteiger partial charge in [0.1, 0.15) is 0 Å². The first kappa shape index (κ1) is 13.5. The molecule has 88 valence electrons. The van der Waals surface area contributed by atoms with E-state index in [-0.39, 0.29) is 0 Å². The lowest BCUT2D eigenvalue weighted by molar-refractivity contribution is 0.622. The van der Waals surface area contributed by atoms with Crippen LogP contribution >= 0.6 is 22.6 Å². The highest BCUT2D eigenvalue weighted by Gasteiger charge is 2.28. The molecule has 0 aromatic heterocycles. The Balaban J connectivity index is 2.10. The summed E-state index contributed by atoms with van der Waals surface area (Å²) in [4.78, 5) is 0. The van der Waals surface area contributed by atoms with Crippen LogP contribution in [0.15, 0.2) is 12.2 Å². The van der Waals surface area contributed by atoms with Crippen LogP contribution in [0.2, 0.25) is 0 Å². The van der Waals surface area contributed by atoms with Crippen molar-refractivity contribution in [2.24, 2.45) is 11.8 Å². The van der Waals surface area contributed by atoms with E-state index in [4.69, 9.17) is 0 Å². The Morgan fingerprint density at radius 1 is 1.20 bits per heavy atom. The molecule has 0 amide bonds. The molecule has 0 aromatic carbocycles. The van der Waals surface area contributed by atoms with Crippen molar-refractivity contribution in [1.29, 1.82) is 0 Å². The van der Waals surface area contributed by atoms with Crippen LogP contribution in [0.3, 0.4) is 0 Å². The van der Waals surface area contributed by atoms with Gasteiger partial charge < -0.3 is 0 Å². The van der Waals surface area contributed by atoms with E-state index >= 15 is 0 Å². The number of halogens is 1. The van der Waals surface area contributed by atoms with Crippen LogP contribution in [-0.2, 0) is 0 Å². The molecule has 0 saturated heterocycles. The molecule has 1 aliphatic rings. The molecule has 15 heavy (non-hydrogen) atoms. The van der Waals surface area contributed by atoms with Crippen molar-refractivity contribution in [2.75, 3.05) is 0 Å². The molecule has 0 radical (unpaired) electrons. The summed E-state index contributed by atoms with van der Waals surface area (Å²) in [7, 11) is 0. The summed E-state index contributed by atoms with van der Waals surface area (Å²) in [5.74, 6) is 1.80. The van der Waals surface area contributed by atoms with Crippen LogP contribution in [0.1, 0.15) is 58.8 Å². The normalized spacial score (nSPS) is 31.5.